The largest absolute Gasteiger partial charge is 0.396 e. The highest BCUT2D eigenvalue weighted by Crippen LogP contribution is 2.18. The molecule has 1 aliphatic rings. The van der Waals surface area contributed by atoms with Crippen LogP contribution in [0, 0.1) is 0 Å². The van der Waals surface area contributed by atoms with Gasteiger partial charge in [-0.25, -0.2) is 0 Å². The van der Waals surface area contributed by atoms with Gasteiger partial charge in [-0.15, -0.1) is 0 Å². The molecule has 3 unspecified atom stereocenters. The average molecular weight is 186 g/mol. The van der Waals surface area contributed by atoms with Gasteiger partial charge < -0.3 is 16.2 Å². The van der Waals surface area contributed by atoms with Crippen LogP contribution in [0.4, 0.5) is 0 Å². The predicted molar refractivity (Wildman–Crippen MR) is 54.5 cm³/mol. The van der Waals surface area contributed by atoms with Crippen LogP contribution >= 0.6 is 0 Å². The quantitative estimate of drug-likeness (QED) is 0.590. The molecular weight excluding hydrogens is 164 g/mol. The van der Waals surface area contributed by atoms with E-state index >= 15 is 0 Å². The minimum atomic E-state index is 0.302. The smallest absolute Gasteiger partial charge is 0.0431 e. The summed E-state index contributed by atoms with van der Waals surface area (Å²) in [5, 5.41) is 12.2. The van der Waals surface area contributed by atoms with Crippen LogP contribution in [-0.2, 0) is 0 Å². The highest BCUT2D eigenvalue weighted by Gasteiger charge is 2.22. The van der Waals surface area contributed by atoms with E-state index in [1.165, 1.54) is 6.42 Å². The minimum absolute atomic E-state index is 0.302. The van der Waals surface area contributed by atoms with Crippen molar-refractivity contribution >= 4 is 0 Å². The number of nitrogens with two attached hydrogens (primary N) is 1. The summed E-state index contributed by atoms with van der Waals surface area (Å²) in [4.78, 5) is 0. The van der Waals surface area contributed by atoms with Crippen molar-refractivity contribution in [1.29, 1.82) is 0 Å². The lowest BCUT2D eigenvalue weighted by Crippen LogP contribution is -2.35. The molecule has 0 saturated heterocycles. The molecular formula is C10H22N2O. The Morgan fingerprint density at radius 1 is 1.54 bits per heavy atom. The van der Waals surface area contributed by atoms with Gasteiger partial charge in [0, 0.05) is 24.7 Å². The van der Waals surface area contributed by atoms with Crippen LogP contribution in [0.5, 0.6) is 0 Å². The Kier molecular flexibility index (Phi) is 4.70. The van der Waals surface area contributed by atoms with Gasteiger partial charge in [0.15, 0.2) is 0 Å². The Morgan fingerprint density at radius 2 is 2.31 bits per heavy atom. The van der Waals surface area contributed by atoms with Gasteiger partial charge in [-0.3, -0.25) is 0 Å². The fourth-order valence-electron chi connectivity index (χ4n) is 2.05. The molecule has 1 saturated carbocycles. The SMILES string of the molecule is CC(CCCO)NC1CCC(N)C1. The first-order valence-electron chi connectivity index (χ1n) is 5.35. The number of rotatable bonds is 5. The summed E-state index contributed by atoms with van der Waals surface area (Å²) in [5.41, 5.74) is 5.82. The third-order valence-electron chi connectivity index (χ3n) is 2.79. The predicted octanol–water partition coefficient (Wildman–Crippen LogP) is 0.617. The van der Waals surface area contributed by atoms with E-state index < -0.39 is 0 Å². The van der Waals surface area contributed by atoms with E-state index in [1.807, 2.05) is 0 Å². The van der Waals surface area contributed by atoms with Crippen molar-refractivity contribution < 1.29 is 5.11 Å². The molecule has 3 nitrogen and oxygen atoms in total. The van der Waals surface area contributed by atoms with Crippen molar-refractivity contribution in [2.45, 2.75) is 57.2 Å². The van der Waals surface area contributed by atoms with Crippen LogP contribution in [0.25, 0.3) is 0 Å². The van der Waals surface area contributed by atoms with Crippen LogP contribution in [0.15, 0.2) is 0 Å². The van der Waals surface area contributed by atoms with Gasteiger partial charge in [0.2, 0.25) is 0 Å². The second-order valence-corrected chi connectivity index (χ2v) is 4.20. The van der Waals surface area contributed by atoms with Gasteiger partial charge in [0.05, 0.1) is 0 Å². The molecule has 1 fully saturated rings. The highest BCUT2D eigenvalue weighted by atomic mass is 16.2. The van der Waals surface area contributed by atoms with Crippen molar-refractivity contribution in [2.75, 3.05) is 6.61 Å². The Labute approximate surface area is 80.7 Å². The molecule has 1 rings (SSSR count). The Hall–Kier alpha value is -0.120. The van der Waals surface area contributed by atoms with Crippen molar-refractivity contribution in [3.63, 3.8) is 0 Å². The summed E-state index contributed by atoms with van der Waals surface area (Å²) in [6.45, 7) is 2.48. The van der Waals surface area contributed by atoms with Gasteiger partial charge in [-0.05, 0) is 39.0 Å². The first-order valence-corrected chi connectivity index (χ1v) is 5.35. The molecule has 0 aliphatic heterocycles. The minimum Gasteiger partial charge on any atom is -0.396 e. The zero-order valence-corrected chi connectivity index (χ0v) is 8.50. The summed E-state index contributed by atoms with van der Waals surface area (Å²) in [6, 6.07) is 1.54. The molecule has 3 atom stereocenters. The number of nitrogens with one attached hydrogen (secondary N) is 1. The molecule has 0 bridgehead atoms. The molecule has 3 heteroatoms. The zero-order chi connectivity index (χ0) is 9.68. The van der Waals surface area contributed by atoms with Gasteiger partial charge in [-0.1, -0.05) is 0 Å². The normalized spacial score (nSPS) is 30.7. The Bertz CT molecular complexity index is 141. The molecule has 0 radical (unpaired) electrons. The third-order valence-corrected chi connectivity index (χ3v) is 2.79. The number of aliphatic hydroxyl groups excluding tert-OH is 1. The van der Waals surface area contributed by atoms with Crippen LogP contribution in [-0.4, -0.2) is 29.8 Å². The molecule has 78 valence electrons. The fourth-order valence-corrected chi connectivity index (χ4v) is 2.05. The van der Waals surface area contributed by atoms with Gasteiger partial charge >= 0.3 is 0 Å². The number of hydrogen-bond acceptors (Lipinski definition) is 3. The van der Waals surface area contributed by atoms with Crippen LogP contribution in [0.3, 0.4) is 0 Å². The van der Waals surface area contributed by atoms with Gasteiger partial charge in [-0.2, -0.15) is 0 Å². The van der Waals surface area contributed by atoms with Gasteiger partial charge in [0.25, 0.3) is 0 Å². The maximum Gasteiger partial charge on any atom is 0.0431 e. The first-order chi connectivity index (χ1) is 6.22. The topological polar surface area (TPSA) is 58.3 Å². The van der Waals surface area contributed by atoms with Crippen molar-refractivity contribution in [1.82, 2.24) is 5.32 Å². The van der Waals surface area contributed by atoms with Gasteiger partial charge in [0.1, 0.15) is 0 Å². The third kappa shape index (κ3) is 4.07. The summed E-state index contributed by atoms with van der Waals surface area (Å²) in [7, 11) is 0. The lowest BCUT2D eigenvalue weighted by atomic mass is 10.1. The maximum atomic E-state index is 8.67. The van der Waals surface area contributed by atoms with E-state index in [1.54, 1.807) is 0 Å². The van der Waals surface area contributed by atoms with E-state index in [-0.39, 0.29) is 0 Å². The second-order valence-electron chi connectivity index (χ2n) is 4.20. The lowest BCUT2D eigenvalue weighted by molar-refractivity contribution is 0.273. The summed E-state index contributed by atoms with van der Waals surface area (Å²) >= 11 is 0. The monoisotopic (exact) mass is 186 g/mol. The fraction of sp³-hybridized carbons (Fsp3) is 1.00. The van der Waals surface area contributed by atoms with Crippen LogP contribution in [0.2, 0.25) is 0 Å². The maximum absolute atomic E-state index is 8.67. The van der Waals surface area contributed by atoms with E-state index in [9.17, 15) is 0 Å². The number of aliphatic hydroxyl groups is 1. The van der Waals surface area contributed by atoms with Crippen molar-refractivity contribution in [3.05, 3.63) is 0 Å². The number of hydrogen-bond donors (Lipinski definition) is 3. The molecule has 4 N–H and O–H groups in total. The second kappa shape index (κ2) is 5.58. The molecule has 0 aromatic rings. The summed E-state index contributed by atoms with van der Waals surface area (Å²) < 4.78 is 0. The average Bonchev–Trinajstić information content (AvgIpc) is 2.48. The zero-order valence-electron chi connectivity index (χ0n) is 8.50. The molecule has 0 heterocycles. The van der Waals surface area contributed by atoms with E-state index in [4.69, 9.17) is 10.8 Å². The molecule has 0 aromatic heterocycles. The molecule has 1 aliphatic carbocycles. The standard InChI is InChI=1S/C10H22N2O/c1-8(3-2-6-13)12-10-5-4-9(11)7-10/h8-10,12-13H,2-7,11H2,1H3. The molecule has 13 heavy (non-hydrogen) atoms. The molecule has 0 spiro atoms. The lowest BCUT2D eigenvalue weighted by Gasteiger charge is -2.18. The van der Waals surface area contributed by atoms with Crippen LogP contribution in [0.1, 0.15) is 39.0 Å². The summed E-state index contributed by atoms with van der Waals surface area (Å²) in [6.07, 6.45) is 5.44. The molecule has 0 amide bonds. The summed E-state index contributed by atoms with van der Waals surface area (Å²) in [5.74, 6) is 0. The van der Waals surface area contributed by atoms with E-state index in [2.05, 4.69) is 12.2 Å². The Balaban J connectivity index is 2.09. The highest BCUT2D eigenvalue weighted by molar-refractivity contribution is 4.84. The van der Waals surface area contributed by atoms with E-state index in [0.717, 1.165) is 25.7 Å². The van der Waals surface area contributed by atoms with Crippen molar-refractivity contribution in [2.24, 2.45) is 5.73 Å². The Morgan fingerprint density at radius 3 is 2.85 bits per heavy atom. The van der Waals surface area contributed by atoms with Crippen molar-refractivity contribution in [3.8, 4) is 0 Å². The van der Waals surface area contributed by atoms with E-state index in [0.29, 0.717) is 24.7 Å². The molecule has 0 aromatic carbocycles. The van der Waals surface area contributed by atoms with Crippen LogP contribution < -0.4 is 11.1 Å². The first kappa shape index (κ1) is 11.0.